The van der Waals surface area contributed by atoms with Gasteiger partial charge in [-0.25, -0.2) is 0 Å². The molecule has 0 spiro atoms. The molecule has 0 fully saturated rings. The number of carbonyl (C=O) groups excluding carboxylic acids is 1. The van der Waals surface area contributed by atoms with E-state index < -0.39 is 0 Å². The normalized spacial score (nSPS) is 15.3. The summed E-state index contributed by atoms with van der Waals surface area (Å²) in [5.74, 6) is 0.271. The molecule has 0 bridgehead atoms. The lowest BCUT2D eigenvalue weighted by Gasteiger charge is -2.25. The van der Waals surface area contributed by atoms with Crippen LogP contribution in [-0.2, 0) is 17.6 Å². The minimum Gasteiger partial charge on any atom is -0.312 e. The molecule has 3 heteroatoms. The van der Waals surface area contributed by atoms with Crippen LogP contribution in [0.2, 0.25) is 0 Å². The largest absolute Gasteiger partial charge is 0.312 e. The fourth-order valence-electron chi connectivity index (χ4n) is 4.27. The van der Waals surface area contributed by atoms with E-state index in [1.807, 2.05) is 17.3 Å². The fourth-order valence-corrected chi connectivity index (χ4v) is 4.27. The molecule has 3 heterocycles. The van der Waals surface area contributed by atoms with Crippen LogP contribution in [0.4, 0.5) is 5.69 Å². The van der Waals surface area contributed by atoms with Crippen molar-refractivity contribution in [3.63, 3.8) is 0 Å². The van der Waals surface area contributed by atoms with Gasteiger partial charge in [0.25, 0.3) is 0 Å². The predicted molar refractivity (Wildman–Crippen MR) is 104 cm³/mol. The maximum Gasteiger partial charge on any atom is 0.227 e. The second kappa shape index (κ2) is 5.80. The topological polar surface area (TPSA) is 33.2 Å². The number of hydrogen-bond acceptors (Lipinski definition) is 2. The summed E-state index contributed by atoms with van der Waals surface area (Å²) in [4.78, 5) is 18.6. The first-order valence-corrected chi connectivity index (χ1v) is 9.18. The molecular weight excluding hydrogens is 320 g/mol. The van der Waals surface area contributed by atoms with Crippen molar-refractivity contribution < 1.29 is 4.79 Å². The lowest BCUT2D eigenvalue weighted by atomic mass is 9.93. The first-order valence-electron chi connectivity index (χ1n) is 9.18. The van der Waals surface area contributed by atoms with Gasteiger partial charge < -0.3 is 4.90 Å². The van der Waals surface area contributed by atoms with Gasteiger partial charge in [0.15, 0.2) is 0 Å². The van der Waals surface area contributed by atoms with Gasteiger partial charge in [0.1, 0.15) is 0 Å². The van der Waals surface area contributed by atoms with Gasteiger partial charge in [-0.15, -0.1) is 0 Å². The number of aryl methyl sites for hydroxylation is 2. The number of amides is 1. The maximum atomic E-state index is 12.1. The first-order chi connectivity index (χ1) is 12.7. The van der Waals surface area contributed by atoms with E-state index in [4.69, 9.17) is 0 Å². The van der Waals surface area contributed by atoms with Gasteiger partial charge >= 0.3 is 0 Å². The molecule has 2 aromatic carbocycles. The second-order valence-electron chi connectivity index (χ2n) is 7.22. The van der Waals surface area contributed by atoms with E-state index in [2.05, 4.69) is 54.4 Å². The van der Waals surface area contributed by atoms with Crippen LogP contribution in [0.15, 0.2) is 54.9 Å². The number of rotatable bonds is 2. The Morgan fingerprint density at radius 2 is 1.65 bits per heavy atom. The summed E-state index contributed by atoms with van der Waals surface area (Å²) >= 11 is 0. The van der Waals surface area contributed by atoms with Gasteiger partial charge in [0.2, 0.25) is 5.91 Å². The molecule has 128 valence electrons. The van der Waals surface area contributed by atoms with E-state index in [0.717, 1.165) is 30.5 Å². The van der Waals surface area contributed by atoms with Crippen molar-refractivity contribution in [2.24, 2.45) is 0 Å². The Labute approximate surface area is 153 Å². The third-order valence-electron chi connectivity index (χ3n) is 5.58. The van der Waals surface area contributed by atoms with Crippen LogP contribution in [0, 0.1) is 6.92 Å². The van der Waals surface area contributed by atoms with Crippen molar-refractivity contribution in [2.45, 2.75) is 26.2 Å². The Bertz CT molecular complexity index is 1040. The van der Waals surface area contributed by atoms with E-state index in [0.29, 0.717) is 6.42 Å². The molecule has 0 unspecified atom stereocenters. The fraction of sp³-hybridized carbons (Fsp3) is 0.217. The standard InChI is InChI=1S/C23H20N2O/c1-15-4-2-3-5-21(15)20-12-19(13-24-14-20)18-10-16-6-7-22(26)25-9-8-17(11-18)23(16)25/h2-5,10-14H,6-9H2,1H3. The van der Waals surface area contributed by atoms with Crippen LogP contribution < -0.4 is 4.90 Å². The van der Waals surface area contributed by atoms with E-state index in [1.54, 1.807) is 0 Å². The van der Waals surface area contributed by atoms with Crippen LogP contribution in [0.1, 0.15) is 23.1 Å². The Morgan fingerprint density at radius 1 is 0.885 bits per heavy atom. The molecule has 2 aliphatic rings. The van der Waals surface area contributed by atoms with Crippen molar-refractivity contribution >= 4 is 11.6 Å². The summed E-state index contributed by atoms with van der Waals surface area (Å²) in [6, 6.07) is 15.1. The number of pyridine rings is 1. The molecule has 0 radical (unpaired) electrons. The molecule has 5 rings (SSSR count). The molecule has 1 aromatic heterocycles. The Balaban J connectivity index is 1.61. The van der Waals surface area contributed by atoms with Gasteiger partial charge in [-0.1, -0.05) is 24.3 Å². The zero-order valence-corrected chi connectivity index (χ0v) is 14.8. The summed E-state index contributed by atoms with van der Waals surface area (Å²) in [6.07, 6.45) is 6.29. The lowest BCUT2D eigenvalue weighted by molar-refractivity contribution is -0.118. The average molecular weight is 340 g/mol. The van der Waals surface area contributed by atoms with Crippen molar-refractivity contribution in [3.8, 4) is 22.3 Å². The van der Waals surface area contributed by atoms with Crippen molar-refractivity contribution in [1.82, 2.24) is 4.98 Å². The Kier molecular flexibility index (Phi) is 3.42. The van der Waals surface area contributed by atoms with Crippen molar-refractivity contribution in [1.29, 1.82) is 0 Å². The number of hydrogen-bond donors (Lipinski definition) is 0. The van der Waals surface area contributed by atoms with E-state index in [1.165, 1.54) is 33.5 Å². The molecule has 3 aromatic rings. The van der Waals surface area contributed by atoms with Gasteiger partial charge in [-0.3, -0.25) is 9.78 Å². The van der Waals surface area contributed by atoms with Gasteiger partial charge in [-0.2, -0.15) is 0 Å². The zero-order chi connectivity index (χ0) is 17.7. The highest BCUT2D eigenvalue weighted by Gasteiger charge is 2.31. The van der Waals surface area contributed by atoms with Crippen molar-refractivity contribution in [3.05, 3.63) is 71.5 Å². The molecule has 2 aliphatic heterocycles. The monoisotopic (exact) mass is 340 g/mol. The van der Waals surface area contributed by atoms with Crippen LogP contribution in [0.5, 0.6) is 0 Å². The summed E-state index contributed by atoms with van der Waals surface area (Å²) in [7, 11) is 0. The molecule has 3 nitrogen and oxygen atoms in total. The maximum absolute atomic E-state index is 12.1. The highest BCUT2D eigenvalue weighted by Crippen LogP contribution is 2.40. The summed E-state index contributed by atoms with van der Waals surface area (Å²) in [5, 5.41) is 0. The third-order valence-corrected chi connectivity index (χ3v) is 5.58. The lowest BCUT2D eigenvalue weighted by Crippen LogP contribution is -2.32. The number of nitrogens with zero attached hydrogens (tertiary/aromatic N) is 2. The van der Waals surface area contributed by atoms with Crippen LogP contribution in [-0.4, -0.2) is 17.4 Å². The number of benzene rings is 2. The minimum absolute atomic E-state index is 0.271. The van der Waals surface area contributed by atoms with E-state index >= 15 is 0 Å². The van der Waals surface area contributed by atoms with Crippen molar-refractivity contribution in [2.75, 3.05) is 11.4 Å². The van der Waals surface area contributed by atoms with Crippen LogP contribution >= 0.6 is 0 Å². The minimum atomic E-state index is 0.271. The Hall–Kier alpha value is -2.94. The quantitative estimate of drug-likeness (QED) is 0.685. The predicted octanol–water partition coefficient (Wildman–Crippen LogP) is 4.56. The summed E-state index contributed by atoms with van der Waals surface area (Å²) in [6.45, 7) is 2.96. The van der Waals surface area contributed by atoms with E-state index in [9.17, 15) is 4.79 Å². The zero-order valence-electron chi connectivity index (χ0n) is 14.8. The SMILES string of the molecule is Cc1ccccc1-c1cncc(-c2cc3c4c(c2)CCN4C(=O)CC3)c1. The van der Waals surface area contributed by atoms with Gasteiger partial charge in [0.05, 0.1) is 5.69 Å². The molecule has 0 saturated carbocycles. The highest BCUT2D eigenvalue weighted by atomic mass is 16.2. The number of anilines is 1. The second-order valence-corrected chi connectivity index (χ2v) is 7.22. The Morgan fingerprint density at radius 3 is 2.50 bits per heavy atom. The summed E-state index contributed by atoms with van der Waals surface area (Å²) in [5.41, 5.74) is 9.74. The molecule has 1 amide bonds. The van der Waals surface area contributed by atoms with Gasteiger partial charge in [0, 0.05) is 36.5 Å². The van der Waals surface area contributed by atoms with Crippen LogP contribution in [0.3, 0.4) is 0 Å². The smallest absolute Gasteiger partial charge is 0.227 e. The van der Waals surface area contributed by atoms with E-state index in [-0.39, 0.29) is 5.91 Å². The molecule has 0 saturated heterocycles. The highest BCUT2D eigenvalue weighted by molar-refractivity contribution is 5.99. The van der Waals surface area contributed by atoms with Gasteiger partial charge in [-0.05, 0) is 65.8 Å². The van der Waals surface area contributed by atoms with Crippen LogP contribution in [0.25, 0.3) is 22.3 Å². The summed E-state index contributed by atoms with van der Waals surface area (Å²) < 4.78 is 0. The molecule has 26 heavy (non-hydrogen) atoms. The number of carbonyl (C=O) groups is 1. The average Bonchev–Trinajstić information content (AvgIpc) is 3.11. The molecular formula is C23H20N2O. The number of aromatic nitrogens is 1. The third kappa shape index (κ3) is 2.35. The molecule has 0 N–H and O–H groups in total. The molecule has 0 aliphatic carbocycles. The first kappa shape index (κ1) is 15.3. The molecule has 0 atom stereocenters.